The summed E-state index contributed by atoms with van der Waals surface area (Å²) in [5.74, 6) is 0. The Kier molecular flexibility index (Phi) is 4.51. The summed E-state index contributed by atoms with van der Waals surface area (Å²) in [6, 6.07) is 3.52. The molecule has 0 fully saturated rings. The zero-order chi connectivity index (χ0) is 17.3. The van der Waals surface area contributed by atoms with Gasteiger partial charge < -0.3 is 5.32 Å². The van der Waals surface area contributed by atoms with Gasteiger partial charge >= 0.3 is 6.18 Å². The van der Waals surface area contributed by atoms with Gasteiger partial charge in [0.2, 0.25) is 0 Å². The predicted octanol–water partition coefficient (Wildman–Crippen LogP) is 4.92. The SMILES string of the molecule is Cc1cnn(-c2ccc(C(F)(F)F)cc2NCc2cnc(Cl)s2)c1. The molecule has 24 heavy (non-hydrogen) atoms. The number of hydrogen-bond acceptors (Lipinski definition) is 4. The number of halogens is 4. The third-order valence-electron chi connectivity index (χ3n) is 3.26. The molecule has 9 heteroatoms. The molecule has 0 saturated heterocycles. The van der Waals surface area contributed by atoms with Crippen LogP contribution in [0.5, 0.6) is 0 Å². The van der Waals surface area contributed by atoms with Crippen LogP contribution in [0.4, 0.5) is 18.9 Å². The topological polar surface area (TPSA) is 42.7 Å². The average molecular weight is 373 g/mol. The fraction of sp³-hybridized carbons (Fsp3) is 0.200. The molecule has 0 bridgehead atoms. The minimum absolute atomic E-state index is 0.318. The first-order valence-electron chi connectivity index (χ1n) is 6.90. The quantitative estimate of drug-likeness (QED) is 0.706. The summed E-state index contributed by atoms with van der Waals surface area (Å²) in [7, 11) is 0. The molecule has 0 unspecified atom stereocenters. The van der Waals surface area contributed by atoms with Gasteiger partial charge in [-0.25, -0.2) is 9.67 Å². The van der Waals surface area contributed by atoms with Crippen LogP contribution in [0, 0.1) is 6.92 Å². The van der Waals surface area contributed by atoms with Crippen LogP contribution in [0.2, 0.25) is 4.47 Å². The third kappa shape index (κ3) is 3.70. The van der Waals surface area contributed by atoms with Gasteiger partial charge in [-0.2, -0.15) is 18.3 Å². The van der Waals surface area contributed by atoms with Crippen LogP contribution in [0.3, 0.4) is 0 Å². The lowest BCUT2D eigenvalue weighted by atomic mass is 10.1. The molecule has 0 aliphatic rings. The monoisotopic (exact) mass is 372 g/mol. The highest BCUT2D eigenvalue weighted by molar-refractivity contribution is 7.15. The van der Waals surface area contributed by atoms with Crippen molar-refractivity contribution in [3.8, 4) is 5.69 Å². The van der Waals surface area contributed by atoms with E-state index in [-0.39, 0.29) is 0 Å². The lowest BCUT2D eigenvalue weighted by molar-refractivity contribution is -0.137. The van der Waals surface area contributed by atoms with Crippen molar-refractivity contribution in [2.24, 2.45) is 0 Å². The predicted molar refractivity (Wildman–Crippen MR) is 87.8 cm³/mol. The van der Waals surface area contributed by atoms with E-state index in [0.717, 1.165) is 22.6 Å². The number of anilines is 1. The van der Waals surface area contributed by atoms with Gasteiger partial charge in [0, 0.05) is 17.3 Å². The van der Waals surface area contributed by atoms with Gasteiger partial charge in [0.1, 0.15) is 0 Å². The molecule has 0 atom stereocenters. The number of thiazole rings is 1. The van der Waals surface area contributed by atoms with Crippen molar-refractivity contribution in [2.75, 3.05) is 5.32 Å². The van der Waals surface area contributed by atoms with Crippen molar-refractivity contribution >= 4 is 28.6 Å². The van der Waals surface area contributed by atoms with E-state index in [4.69, 9.17) is 11.6 Å². The van der Waals surface area contributed by atoms with Gasteiger partial charge in [-0.15, -0.1) is 11.3 Å². The highest BCUT2D eigenvalue weighted by Crippen LogP contribution is 2.33. The molecule has 4 nitrogen and oxygen atoms in total. The van der Waals surface area contributed by atoms with Gasteiger partial charge in [0.15, 0.2) is 4.47 Å². The first-order valence-corrected chi connectivity index (χ1v) is 8.09. The molecule has 0 aliphatic heterocycles. The zero-order valence-corrected chi connectivity index (χ0v) is 14.0. The molecular weight excluding hydrogens is 361 g/mol. The Morgan fingerprint density at radius 2 is 2.08 bits per heavy atom. The standard InChI is InChI=1S/C15H12ClF3N4S/c1-9-5-22-23(8-9)13-3-2-10(15(17,18)19)4-12(13)20-6-11-7-21-14(16)24-11/h2-5,7-8,20H,6H2,1H3. The number of alkyl halides is 3. The largest absolute Gasteiger partial charge is 0.416 e. The van der Waals surface area contributed by atoms with Crippen LogP contribution in [-0.2, 0) is 12.7 Å². The van der Waals surface area contributed by atoms with Gasteiger partial charge in [0.05, 0.1) is 29.7 Å². The number of aromatic nitrogens is 3. The normalized spacial score (nSPS) is 11.7. The fourth-order valence-corrected chi connectivity index (χ4v) is 3.06. The Labute approximate surface area is 144 Å². The summed E-state index contributed by atoms with van der Waals surface area (Å²) in [5.41, 5.74) is 1.05. The van der Waals surface area contributed by atoms with Crippen LogP contribution in [0.25, 0.3) is 5.69 Å². The van der Waals surface area contributed by atoms with E-state index in [1.807, 2.05) is 6.92 Å². The third-order valence-corrected chi connectivity index (χ3v) is 4.38. The molecular formula is C15H12ClF3N4S. The van der Waals surface area contributed by atoms with E-state index in [0.29, 0.717) is 22.4 Å². The summed E-state index contributed by atoms with van der Waals surface area (Å²) in [5, 5.41) is 7.18. The second kappa shape index (κ2) is 6.45. The molecule has 0 aliphatic carbocycles. The van der Waals surface area contributed by atoms with Crippen LogP contribution in [0.15, 0.2) is 36.8 Å². The number of aryl methyl sites for hydroxylation is 1. The molecule has 2 heterocycles. The van der Waals surface area contributed by atoms with Crippen LogP contribution >= 0.6 is 22.9 Å². The first-order chi connectivity index (χ1) is 11.3. The number of hydrogen-bond donors (Lipinski definition) is 1. The van der Waals surface area contributed by atoms with Crippen molar-refractivity contribution in [3.05, 3.63) is 57.3 Å². The number of benzene rings is 1. The van der Waals surface area contributed by atoms with Crippen molar-refractivity contribution in [3.63, 3.8) is 0 Å². The fourth-order valence-electron chi connectivity index (χ4n) is 2.15. The maximum absolute atomic E-state index is 13.0. The Morgan fingerprint density at radius 1 is 1.29 bits per heavy atom. The highest BCUT2D eigenvalue weighted by atomic mass is 35.5. The van der Waals surface area contributed by atoms with Gasteiger partial charge in [-0.1, -0.05) is 11.6 Å². The van der Waals surface area contributed by atoms with Crippen LogP contribution < -0.4 is 5.32 Å². The minimum Gasteiger partial charge on any atom is -0.378 e. The molecule has 0 radical (unpaired) electrons. The van der Waals surface area contributed by atoms with Gasteiger partial charge in [0.25, 0.3) is 0 Å². The van der Waals surface area contributed by atoms with Crippen molar-refractivity contribution in [2.45, 2.75) is 19.6 Å². The maximum atomic E-state index is 13.0. The molecule has 1 N–H and O–H groups in total. The Balaban J connectivity index is 1.95. The van der Waals surface area contributed by atoms with E-state index in [1.165, 1.54) is 22.1 Å². The highest BCUT2D eigenvalue weighted by Gasteiger charge is 2.31. The first kappa shape index (κ1) is 16.8. The van der Waals surface area contributed by atoms with E-state index in [1.54, 1.807) is 18.6 Å². The Bertz CT molecular complexity index is 857. The molecule has 1 aromatic carbocycles. The van der Waals surface area contributed by atoms with E-state index in [2.05, 4.69) is 15.4 Å². The van der Waals surface area contributed by atoms with Gasteiger partial charge in [-0.3, -0.25) is 0 Å². The molecule has 3 aromatic rings. The lowest BCUT2D eigenvalue weighted by Gasteiger charge is -2.15. The summed E-state index contributed by atoms with van der Waals surface area (Å²) < 4.78 is 40.9. The molecule has 0 spiro atoms. The molecule has 0 amide bonds. The minimum atomic E-state index is -4.41. The van der Waals surface area contributed by atoms with E-state index >= 15 is 0 Å². The summed E-state index contributed by atoms with van der Waals surface area (Å²) >= 11 is 7.04. The van der Waals surface area contributed by atoms with E-state index < -0.39 is 11.7 Å². The molecule has 3 rings (SSSR count). The van der Waals surface area contributed by atoms with Gasteiger partial charge in [-0.05, 0) is 30.7 Å². The van der Waals surface area contributed by atoms with E-state index in [9.17, 15) is 13.2 Å². The van der Waals surface area contributed by atoms with Crippen LogP contribution in [0.1, 0.15) is 16.0 Å². The average Bonchev–Trinajstić information content (AvgIpc) is 3.12. The molecule has 126 valence electrons. The Morgan fingerprint density at radius 3 is 2.67 bits per heavy atom. The summed E-state index contributed by atoms with van der Waals surface area (Å²) in [4.78, 5) is 4.74. The second-order valence-electron chi connectivity index (χ2n) is 5.13. The summed E-state index contributed by atoms with van der Waals surface area (Å²) in [6.45, 7) is 2.18. The molecule has 2 aromatic heterocycles. The maximum Gasteiger partial charge on any atom is 0.416 e. The van der Waals surface area contributed by atoms with Crippen molar-refractivity contribution < 1.29 is 13.2 Å². The second-order valence-corrected chi connectivity index (χ2v) is 6.82. The number of rotatable bonds is 4. The summed E-state index contributed by atoms with van der Waals surface area (Å²) in [6.07, 6.45) is 0.565. The number of nitrogens with zero attached hydrogens (tertiary/aromatic N) is 3. The zero-order valence-electron chi connectivity index (χ0n) is 12.4. The molecule has 0 saturated carbocycles. The van der Waals surface area contributed by atoms with Crippen molar-refractivity contribution in [1.29, 1.82) is 0 Å². The van der Waals surface area contributed by atoms with Crippen molar-refractivity contribution in [1.82, 2.24) is 14.8 Å². The van der Waals surface area contributed by atoms with Crippen LogP contribution in [-0.4, -0.2) is 14.8 Å². The Hall–Kier alpha value is -2.06. The number of nitrogens with one attached hydrogen (secondary N) is 1. The smallest absolute Gasteiger partial charge is 0.378 e. The lowest BCUT2D eigenvalue weighted by Crippen LogP contribution is -2.09.